The Bertz CT molecular complexity index is 864. The SMILES string of the molecule is O=C(NC[C@@H]1CCCO1)C(=O)N/N=C\c1ccc(OCc2ccccc2F)cc1. The lowest BCUT2D eigenvalue weighted by atomic mass is 10.2. The zero-order valence-corrected chi connectivity index (χ0v) is 15.8. The van der Waals surface area contributed by atoms with Crippen molar-refractivity contribution in [2.75, 3.05) is 13.2 Å². The van der Waals surface area contributed by atoms with Gasteiger partial charge in [-0.05, 0) is 48.7 Å². The molecule has 7 nitrogen and oxygen atoms in total. The number of hydrogen-bond donors (Lipinski definition) is 2. The Kier molecular flexibility index (Phi) is 7.29. The number of nitrogens with one attached hydrogen (secondary N) is 2. The lowest BCUT2D eigenvalue weighted by Gasteiger charge is -2.09. The first kappa shape index (κ1) is 20.5. The maximum Gasteiger partial charge on any atom is 0.329 e. The Morgan fingerprint density at radius 2 is 1.97 bits per heavy atom. The number of hydrazone groups is 1. The van der Waals surface area contributed by atoms with Crippen molar-refractivity contribution in [1.29, 1.82) is 0 Å². The molecule has 1 aliphatic heterocycles. The number of rotatable bonds is 7. The molecule has 0 radical (unpaired) electrons. The second-order valence-corrected chi connectivity index (χ2v) is 6.49. The van der Waals surface area contributed by atoms with Gasteiger partial charge in [-0.2, -0.15) is 5.10 Å². The van der Waals surface area contributed by atoms with Crippen molar-refractivity contribution < 1.29 is 23.5 Å². The van der Waals surface area contributed by atoms with E-state index in [0.29, 0.717) is 30.0 Å². The van der Waals surface area contributed by atoms with Crippen molar-refractivity contribution in [3.8, 4) is 5.75 Å². The molecule has 0 unspecified atom stereocenters. The molecule has 1 atom stereocenters. The van der Waals surface area contributed by atoms with Gasteiger partial charge in [-0.25, -0.2) is 9.82 Å². The van der Waals surface area contributed by atoms with E-state index in [2.05, 4.69) is 15.8 Å². The monoisotopic (exact) mass is 399 g/mol. The number of ether oxygens (including phenoxy) is 2. The van der Waals surface area contributed by atoms with Crippen LogP contribution < -0.4 is 15.5 Å². The van der Waals surface area contributed by atoms with Crippen LogP contribution in [0, 0.1) is 5.82 Å². The highest BCUT2D eigenvalue weighted by atomic mass is 19.1. The lowest BCUT2D eigenvalue weighted by Crippen LogP contribution is -2.41. The van der Waals surface area contributed by atoms with Gasteiger partial charge in [0.25, 0.3) is 0 Å². The van der Waals surface area contributed by atoms with E-state index < -0.39 is 11.8 Å². The van der Waals surface area contributed by atoms with E-state index in [-0.39, 0.29) is 18.5 Å². The molecule has 1 aliphatic rings. The van der Waals surface area contributed by atoms with Gasteiger partial charge in [0, 0.05) is 18.7 Å². The zero-order valence-electron chi connectivity index (χ0n) is 15.8. The van der Waals surface area contributed by atoms with Gasteiger partial charge in [0.05, 0.1) is 12.3 Å². The molecule has 0 bridgehead atoms. The van der Waals surface area contributed by atoms with Gasteiger partial charge in [-0.3, -0.25) is 9.59 Å². The summed E-state index contributed by atoms with van der Waals surface area (Å²) < 4.78 is 24.5. The van der Waals surface area contributed by atoms with Crippen LogP contribution in [0.5, 0.6) is 5.75 Å². The molecule has 3 rings (SSSR count). The van der Waals surface area contributed by atoms with Crippen molar-refractivity contribution in [3.05, 3.63) is 65.5 Å². The molecule has 1 saturated heterocycles. The first-order valence-electron chi connectivity index (χ1n) is 9.31. The number of halogens is 1. The normalized spacial score (nSPS) is 16.0. The molecule has 2 amide bonds. The van der Waals surface area contributed by atoms with Crippen molar-refractivity contribution in [1.82, 2.24) is 10.7 Å². The molecule has 1 heterocycles. The third kappa shape index (κ3) is 6.39. The average Bonchev–Trinajstić information content (AvgIpc) is 3.26. The summed E-state index contributed by atoms with van der Waals surface area (Å²) in [6, 6.07) is 13.3. The van der Waals surface area contributed by atoms with E-state index in [1.165, 1.54) is 12.3 Å². The van der Waals surface area contributed by atoms with Crippen LogP contribution in [0.1, 0.15) is 24.0 Å². The molecule has 29 heavy (non-hydrogen) atoms. The number of carbonyl (C=O) groups excluding carboxylic acids is 2. The minimum Gasteiger partial charge on any atom is -0.489 e. The molecular weight excluding hydrogens is 377 g/mol. The molecule has 0 saturated carbocycles. The first-order chi connectivity index (χ1) is 14.1. The van der Waals surface area contributed by atoms with Crippen LogP contribution in [0.4, 0.5) is 4.39 Å². The van der Waals surface area contributed by atoms with E-state index in [9.17, 15) is 14.0 Å². The molecule has 2 aromatic carbocycles. The van der Waals surface area contributed by atoms with Gasteiger partial charge in [0.15, 0.2) is 0 Å². The number of benzene rings is 2. The molecule has 0 spiro atoms. The predicted octanol–water partition coefficient (Wildman–Crippen LogP) is 2.15. The third-order valence-electron chi connectivity index (χ3n) is 4.33. The lowest BCUT2D eigenvalue weighted by molar-refractivity contribution is -0.139. The minimum absolute atomic E-state index is 0.0330. The summed E-state index contributed by atoms with van der Waals surface area (Å²) in [5, 5.41) is 6.29. The number of nitrogens with zero attached hydrogens (tertiary/aromatic N) is 1. The van der Waals surface area contributed by atoms with Crippen LogP contribution in [0.3, 0.4) is 0 Å². The molecule has 8 heteroatoms. The number of carbonyl (C=O) groups is 2. The molecule has 2 N–H and O–H groups in total. The van der Waals surface area contributed by atoms with Crippen LogP contribution in [0.2, 0.25) is 0 Å². The third-order valence-corrected chi connectivity index (χ3v) is 4.33. The van der Waals surface area contributed by atoms with Crippen LogP contribution in [0.25, 0.3) is 0 Å². The Morgan fingerprint density at radius 1 is 1.17 bits per heavy atom. The van der Waals surface area contributed by atoms with Crippen molar-refractivity contribution in [2.45, 2.75) is 25.6 Å². The van der Waals surface area contributed by atoms with E-state index in [4.69, 9.17) is 9.47 Å². The number of amides is 2. The Hall–Kier alpha value is -3.26. The molecule has 0 aromatic heterocycles. The Morgan fingerprint density at radius 3 is 2.69 bits per heavy atom. The topological polar surface area (TPSA) is 89.0 Å². The van der Waals surface area contributed by atoms with Crippen LogP contribution >= 0.6 is 0 Å². The van der Waals surface area contributed by atoms with Crippen molar-refractivity contribution in [3.63, 3.8) is 0 Å². The first-order valence-corrected chi connectivity index (χ1v) is 9.31. The standard InChI is InChI=1S/C21H22FN3O4/c22-19-6-2-1-4-16(19)14-29-17-9-7-15(8-10-17)12-24-25-21(27)20(26)23-13-18-5-3-11-28-18/h1-2,4,6-10,12,18H,3,5,11,13-14H2,(H,23,26)(H,25,27)/b24-12-/t18-/m0/s1. The highest BCUT2D eigenvalue weighted by Crippen LogP contribution is 2.15. The van der Waals surface area contributed by atoms with Gasteiger partial charge in [-0.15, -0.1) is 0 Å². The maximum atomic E-state index is 13.6. The van der Waals surface area contributed by atoms with Gasteiger partial charge in [-0.1, -0.05) is 18.2 Å². The fraction of sp³-hybridized carbons (Fsp3) is 0.286. The Balaban J connectivity index is 1.41. The largest absolute Gasteiger partial charge is 0.489 e. The molecule has 152 valence electrons. The highest BCUT2D eigenvalue weighted by molar-refractivity contribution is 6.35. The fourth-order valence-electron chi connectivity index (χ4n) is 2.74. The van der Waals surface area contributed by atoms with E-state index in [1.54, 1.807) is 42.5 Å². The van der Waals surface area contributed by atoms with Crippen molar-refractivity contribution >= 4 is 18.0 Å². The van der Waals surface area contributed by atoms with Crippen molar-refractivity contribution in [2.24, 2.45) is 5.10 Å². The van der Waals surface area contributed by atoms with E-state index >= 15 is 0 Å². The summed E-state index contributed by atoms with van der Waals surface area (Å²) in [6.45, 7) is 1.12. The number of hydrogen-bond acceptors (Lipinski definition) is 5. The zero-order chi connectivity index (χ0) is 20.5. The summed E-state index contributed by atoms with van der Waals surface area (Å²) in [6.07, 6.45) is 3.21. The molecule has 2 aromatic rings. The summed E-state index contributed by atoms with van der Waals surface area (Å²) in [4.78, 5) is 23.4. The molecule has 0 aliphatic carbocycles. The second-order valence-electron chi connectivity index (χ2n) is 6.49. The molecule has 1 fully saturated rings. The quantitative estimate of drug-likeness (QED) is 0.424. The van der Waals surface area contributed by atoms with Gasteiger partial charge >= 0.3 is 11.8 Å². The fourth-order valence-corrected chi connectivity index (χ4v) is 2.74. The smallest absolute Gasteiger partial charge is 0.329 e. The Labute approximate surface area is 167 Å². The van der Waals surface area contributed by atoms with Crippen LogP contribution in [-0.4, -0.2) is 37.3 Å². The predicted molar refractivity (Wildman–Crippen MR) is 105 cm³/mol. The van der Waals surface area contributed by atoms with E-state index in [0.717, 1.165) is 12.8 Å². The molecular formula is C21H22FN3O4. The van der Waals surface area contributed by atoms with Gasteiger partial charge < -0.3 is 14.8 Å². The average molecular weight is 399 g/mol. The maximum absolute atomic E-state index is 13.6. The summed E-state index contributed by atoms with van der Waals surface area (Å²) in [5.74, 6) is -1.34. The minimum atomic E-state index is -0.843. The summed E-state index contributed by atoms with van der Waals surface area (Å²) in [5.41, 5.74) is 3.35. The van der Waals surface area contributed by atoms with Crippen LogP contribution in [-0.2, 0) is 20.9 Å². The van der Waals surface area contributed by atoms with Crippen LogP contribution in [0.15, 0.2) is 53.6 Å². The van der Waals surface area contributed by atoms with E-state index in [1.807, 2.05) is 0 Å². The van der Waals surface area contributed by atoms with Gasteiger partial charge in [0.2, 0.25) is 0 Å². The summed E-state index contributed by atoms with van der Waals surface area (Å²) in [7, 11) is 0. The summed E-state index contributed by atoms with van der Waals surface area (Å²) >= 11 is 0. The van der Waals surface area contributed by atoms with Gasteiger partial charge in [0.1, 0.15) is 18.2 Å². The highest BCUT2D eigenvalue weighted by Gasteiger charge is 2.18. The second kappa shape index (κ2) is 10.3.